The molecule has 26 heavy (non-hydrogen) atoms. The number of rotatable bonds is 6. The van der Waals surface area contributed by atoms with Crippen LogP contribution in [0.2, 0.25) is 0 Å². The van der Waals surface area contributed by atoms with Crippen molar-refractivity contribution in [1.82, 2.24) is 14.9 Å². The van der Waals surface area contributed by atoms with Gasteiger partial charge in [0.05, 0.1) is 33.8 Å². The number of aromatic nitrogens is 2. The molecule has 1 heterocycles. The molecule has 2 aromatic carbocycles. The highest BCUT2D eigenvalue weighted by Crippen LogP contribution is 2.18. The number of benzene rings is 2. The van der Waals surface area contributed by atoms with E-state index in [1.165, 1.54) is 12.1 Å². The van der Waals surface area contributed by atoms with Crippen LogP contribution in [-0.4, -0.2) is 29.6 Å². The van der Waals surface area contributed by atoms with E-state index in [0.717, 1.165) is 23.4 Å². The molecule has 0 aliphatic heterocycles. The van der Waals surface area contributed by atoms with Crippen LogP contribution in [0.3, 0.4) is 0 Å². The van der Waals surface area contributed by atoms with Crippen molar-refractivity contribution >= 4 is 26.8 Å². The van der Waals surface area contributed by atoms with Crippen LogP contribution in [0.15, 0.2) is 53.4 Å². The number of fused-ring (bicyclic) bond motifs is 1. The molecule has 0 unspecified atom stereocenters. The number of para-hydroxylation sites is 2. The number of carbonyl (C=O) groups excluding carboxylic acids is 1. The molecule has 0 saturated carbocycles. The van der Waals surface area contributed by atoms with Crippen molar-refractivity contribution in [2.45, 2.75) is 31.8 Å². The molecule has 136 valence electrons. The Bertz CT molecular complexity index is 1050. The number of aryl methyl sites for hydroxylation is 1. The molecule has 6 nitrogen and oxygen atoms in total. The van der Waals surface area contributed by atoms with E-state index in [4.69, 9.17) is 0 Å². The summed E-state index contributed by atoms with van der Waals surface area (Å²) in [5, 5.41) is 2.80. The van der Waals surface area contributed by atoms with Crippen LogP contribution in [0.25, 0.3) is 11.0 Å². The molecule has 7 heteroatoms. The highest BCUT2D eigenvalue weighted by Gasteiger charge is 2.20. The molecule has 3 rings (SSSR count). The average molecular weight is 371 g/mol. The quantitative estimate of drug-likeness (QED) is 0.722. The van der Waals surface area contributed by atoms with Crippen LogP contribution in [0, 0.1) is 0 Å². The number of hydrogen-bond donors (Lipinski definition) is 1. The highest BCUT2D eigenvalue weighted by molar-refractivity contribution is 7.91. The summed E-state index contributed by atoms with van der Waals surface area (Å²) in [6.07, 6.45) is 0. The first kappa shape index (κ1) is 18.1. The van der Waals surface area contributed by atoms with E-state index in [1.54, 1.807) is 19.1 Å². The highest BCUT2D eigenvalue weighted by atomic mass is 32.2. The minimum atomic E-state index is -3.47. The first-order chi connectivity index (χ1) is 12.5. The van der Waals surface area contributed by atoms with Gasteiger partial charge in [-0.1, -0.05) is 31.2 Å². The molecule has 1 amide bonds. The lowest BCUT2D eigenvalue weighted by atomic mass is 10.2. The number of nitrogens with one attached hydrogen (secondary N) is 1. The third-order valence-corrected chi connectivity index (χ3v) is 6.09. The number of carbonyl (C=O) groups is 1. The summed E-state index contributed by atoms with van der Waals surface area (Å²) >= 11 is 0. The topological polar surface area (TPSA) is 81.1 Å². The van der Waals surface area contributed by atoms with Crippen molar-refractivity contribution in [3.05, 3.63) is 59.9 Å². The first-order valence-corrected chi connectivity index (χ1v) is 10.2. The van der Waals surface area contributed by atoms with Gasteiger partial charge >= 0.3 is 0 Å². The molecule has 0 aliphatic rings. The molecule has 0 atom stereocenters. The van der Waals surface area contributed by atoms with Crippen LogP contribution < -0.4 is 5.32 Å². The van der Waals surface area contributed by atoms with Gasteiger partial charge in [0.2, 0.25) is 0 Å². The summed E-state index contributed by atoms with van der Waals surface area (Å²) in [5.74, 6) is 0.258. The van der Waals surface area contributed by atoms with Crippen molar-refractivity contribution < 1.29 is 13.2 Å². The van der Waals surface area contributed by atoms with Gasteiger partial charge in [0.15, 0.2) is 9.84 Å². The molecule has 3 aromatic rings. The molecule has 1 N–H and O–H groups in total. The molecule has 0 saturated heterocycles. The molecular weight excluding hydrogens is 350 g/mol. The Morgan fingerprint density at radius 1 is 1.08 bits per heavy atom. The van der Waals surface area contributed by atoms with Crippen LogP contribution >= 0.6 is 0 Å². The van der Waals surface area contributed by atoms with Crippen molar-refractivity contribution in [3.63, 3.8) is 0 Å². The van der Waals surface area contributed by atoms with Gasteiger partial charge in [0.1, 0.15) is 5.82 Å². The maximum absolute atomic E-state index is 12.6. The standard InChI is InChI=1S/C19H21N3O3S/c1-3-22-16-11-7-6-10-15(16)21-18(22)13-20-19(23)14-9-5-8-12-17(14)26(24,25)4-2/h5-12H,3-4,13H2,1-2H3,(H,20,23). The van der Waals surface area contributed by atoms with E-state index < -0.39 is 15.7 Å². The lowest BCUT2D eigenvalue weighted by molar-refractivity contribution is 0.0946. The molecule has 0 fully saturated rings. The third kappa shape index (κ3) is 3.35. The van der Waals surface area contributed by atoms with E-state index in [9.17, 15) is 13.2 Å². The number of imidazole rings is 1. The Balaban J connectivity index is 1.87. The molecule has 0 aliphatic carbocycles. The van der Waals surface area contributed by atoms with E-state index in [0.29, 0.717) is 0 Å². The molecule has 0 radical (unpaired) electrons. The van der Waals surface area contributed by atoms with Gasteiger partial charge < -0.3 is 9.88 Å². The maximum Gasteiger partial charge on any atom is 0.252 e. The molecule has 1 aromatic heterocycles. The summed E-state index contributed by atoms with van der Waals surface area (Å²) in [5.41, 5.74) is 2.04. The average Bonchev–Trinajstić information content (AvgIpc) is 3.03. The molecular formula is C19H21N3O3S. The Morgan fingerprint density at radius 3 is 2.50 bits per heavy atom. The van der Waals surface area contributed by atoms with Crippen LogP contribution in [0.4, 0.5) is 0 Å². The van der Waals surface area contributed by atoms with Gasteiger partial charge in [-0.25, -0.2) is 13.4 Å². The summed E-state index contributed by atoms with van der Waals surface area (Å²) in [6.45, 7) is 4.53. The number of amides is 1. The summed E-state index contributed by atoms with van der Waals surface area (Å²) < 4.78 is 26.5. The van der Waals surface area contributed by atoms with Crippen LogP contribution in [0.1, 0.15) is 30.0 Å². The van der Waals surface area contributed by atoms with Crippen molar-refractivity contribution in [1.29, 1.82) is 0 Å². The van der Waals surface area contributed by atoms with Gasteiger partial charge in [0, 0.05) is 6.54 Å². The second-order valence-corrected chi connectivity index (χ2v) is 8.09. The van der Waals surface area contributed by atoms with Gasteiger partial charge in [0.25, 0.3) is 5.91 Å². The van der Waals surface area contributed by atoms with Gasteiger partial charge in [-0.3, -0.25) is 4.79 Å². The van der Waals surface area contributed by atoms with Gasteiger partial charge in [-0.2, -0.15) is 0 Å². The fraction of sp³-hybridized carbons (Fsp3) is 0.263. The Kier molecular flexibility index (Phi) is 5.08. The fourth-order valence-electron chi connectivity index (χ4n) is 2.95. The monoisotopic (exact) mass is 371 g/mol. The zero-order valence-electron chi connectivity index (χ0n) is 14.8. The summed E-state index contributed by atoms with van der Waals surface area (Å²) in [6, 6.07) is 14.1. The minimum Gasteiger partial charge on any atom is -0.345 e. The lowest BCUT2D eigenvalue weighted by Crippen LogP contribution is -2.26. The maximum atomic E-state index is 12.6. The Morgan fingerprint density at radius 2 is 1.77 bits per heavy atom. The van der Waals surface area contributed by atoms with E-state index in [-0.39, 0.29) is 22.8 Å². The number of hydrogen-bond acceptors (Lipinski definition) is 4. The molecule has 0 spiro atoms. The zero-order chi connectivity index (χ0) is 18.7. The fourth-order valence-corrected chi connectivity index (χ4v) is 4.04. The normalized spacial score (nSPS) is 11.6. The van der Waals surface area contributed by atoms with Gasteiger partial charge in [-0.15, -0.1) is 0 Å². The molecule has 0 bridgehead atoms. The summed E-state index contributed by atoms with van der Waals surface area (Å²) in [4.78, 5) is 17.2. The Hall–Kier alpha value is -2.67. The van der Waals surface area contributed by atoms with E-state index in [1.807, 2.05) is 35.8 Å². The third-order valence-electron chi connectivity index (χ3n) is 4.30. The first-order valence-electron chi connectivity index (χ1n) is 8.52. The number of nitrogens with zero attached hydrogens (tertiary/aromatic N) is 2. The van der Waals surface area contributed by atoms with E-state index in [2.05, 4.69) is 10.3 Å². The zero-order valence-corrected chi connectivity index (χ0v) is 15.6. The second-order valence-electron chi connectivity index (χ2n) is 5.84. The SMILES string of the molecule is CCn1c(CNC(=O)c2ccccc2S(=O)(=O)CC)nc2ccccc21. The predicted molar refractivity (Wildman–Crippen MR) is 101 cm³/mol. The van der Waals surface area contributed by atoms with Crippen molar-refractivity contribution in [2.75, 3.05) is 5.75 Å². The predicted octanol–water partition coefficient (Wildman–Crippen LogP) is 2.78. The van der Waals surface area contributed by atoms with Crippen LogP contribution in [0.5, 0.6) is 0 Å². The van der Waals surface area contributed by atoms with Crippen molar-refractivity contribution in [2.24, 2.45) is 0 Å². The van der Waals surface area contributed by atoms with Crippen molar-refractivity contribution in [3.8, 4) is 0 Å². The number of sulfone groups is 1. The van der Waals surface area contributed by atoms with E-state index >= 15 is 0 Å². The second kappa shape index (κ2) is 7.29. The minimum absolute atomic E-state index is 0.0527. The lowest BCUT2D eigenvalue weighted by Gasteiger charge is -2.11. The Labute approximate surface area is 152 Å². The van der Waals surface area contributed by atoms with Crippen LogP contribution in [-0.2, 0) is 22.9 Å². The largest absolute Gasteiger partial charge is 0.345 e. The summed E-state index contributed by atoms with van der Waals surface area (Å²) in [7, 11) is -3.47. The smallest absolute Gasteiger partial charge is 0.252 e. The van der Waals surface area contributed by atoms with Gasteiger partial charge in [-0.05, 0) is 31.2 Å².